The van der Waals surface area contributed by atoms with Crippen molar-refractivity contribution >= 4 is 0 Å². The third kappa shape index (κ3) is 3.29. The van der Waals surface area contributed by atoms with E-state index in [2.05, 4.69) is 34.9 Å². The third-order valence-electron chi connectivity index (χ3n) is 4.11. The number of nitrogens with one attached hydrogen (secondary N) is 2. The van der Waals surface area contributed by atoms with Crippen LogP contribution in [0.25, 0.3) is 0 Å². The van der Waals surface area contributed by atoms with E-state index in [0.717, 1.165) is 25.1 Å². The maximum absolute atomic E-state index is 13.4. The first-order valence-corrected chi connectivity index (χ1v) is 7.62. The Kier molecular flexibility index (Phi) is 4.71. The highest BCUT2D eigenvalue weighted by Gasteiger charge is 2.18. The summed E-state index contributed by atoms with van der Waals surface area (Å²) in [4.78, 5) is 0. The second kappa shape index (κ2) is 6.90. The first-order valence-electron chi connectivity index (χ1n) is 7.62. The van der Waals surface area contributed by atoms with Crippen LogP contribution in [-0.2, 0) is 13.0 Å². The van der Waals surface area contributed by atoms with Gasteiger partial charge in [-0.1, -0.05) is 30.3 Å². The van der Waals surface area contributed by atoms with Crippen molar-refractivity contribution in [3.05, 3.63) is 65.0 Å². The van der Waals surface area contributed by atoms with E-state index < -0.39 is 0 Å². The largest absolute Gasteiger partial charge is 0.494 e. The summed E-state index contributed by atoms with van der Waals surface area (Å²) in [6.45, 7) is 2.54. The van der Waals surface area contributed by atoms with Gasteiger partial charge in [-0.25, -0.2) is 4.39 Å². The Labute approximate surface area is 130 Å². The smallest absolute Gasteiger partial charge is 0.165 e. The molecule has 3 nitrogen and oxygen atoms in total. The number of benzene rings is 2. The minimum Gasteiger partial charge on any atom is -0.494 e. The zero-order valence-corrected chi connectivity index (χ0v) is 12.7. The van der Waals surface area contributed by atoms with Crippen molar-refractivity contribution in [2.45, 2.75) is 19.0 Å². The lowest BCUT2D eigenvalue weighted by molar-refractivity contribution is 0.385. The van der Waals surface area contributed by atoms with Gasteiger partial charge in [0, 0.05) is 19.1 Å². The fourth-order valence-corrected chi connectivity index (χ4v) is 2.95. The lowest BCUT2D eigenvalue weighted by atomic mass is 9.94. The van der Waals surface area contributed by atoms with Gasteiger partial charge >= 0.3 is 0 Å². The molecule has 0 bridgehead atoms. The fraction of sp³-hybridized carbons (Fsp3) is 0.333. The predicted molar refractivity (Wildman–Crippen MR) is 85.5 cm³/mol. The fourth-order valence-electron chi connectivity index (χ4n) is 2.95. The molecule has 0 aliphatic carbocycles. The molecule has 116 valence electrons. The number of ether oxygens (including phenoxy) is 1. The second-order valence-electron chi connectivity index (χ2n) is 5.56. The summed E-state index contributed by atoms with van der Waals surface area (Å²) in [5.74, 6) is -0.0328. The molecule has 0 unspecified atom stereocenters. The molecule has 0 amide bonds. The minimum atomic E-state index is -0.325. The van der Waals surface area contributed by atoms with Crippen LogP contribution in [0.4, 0.5) is 4.39 Å². The molecule has 1 heterocycles. The number of fused-ring (bicyclic) bond motifs is 1. The van der Waals surface area contributed by atoms with Gasteiger partial charge in [-0.2, -0.15) is 0 Å². The molecule has 1 aliphatic rings. The Morgan fingerprint density at radius 1 is 1.27 bits per heavy atom. The van der Waals surface area contributed by atoms with Crippen molar-refractivity contribution in [3.63, 3.8) is 0 Å². The molecule has 2 aromatic rings. The van der Waals surface area contributed by atoms with E-state index in [9.17, 15) is 4.39 Å². The SMILES string of the molecule is COc1cc(CNC[C@@H]2NCCc3ccccc32)ccc1F. The van der Waals surface area contributed by atoms with E-state index in [1.54, 1.807) is 12.1 Å². The van der Waals surface area contributed by atoms with Crippen molar-refractivity contribution in [2.75, 3.05) is 20.2 Å². The molecule has 4 heteroatoms. The summed E-state index contributed by atoms with van der Waals surface area (Å²) in [6.07, 6.45) is 1.09. The van der Waals surface area contributed by atoms with E-state index in [4.69, 9.17) is 4.74 Å². The highest BCUT2D eigenvalue weighted by molar-refractivity contribution is 5.33. The monoisotopic (exact) mass is 300 g/mol. The molecule has 1 aliphatic heterocycles. The lowest BCUT2D eigenvalue weighted by Crippen LogP contribution is -2.36. The van der Waals surface area contributed by atoms with Crippen molar-refractivity contribution in [2.24, 2.45) is 0 Å². The Morgan fingerprint density at radius 3 is 3.00 bits per heavy atom. The molecule has 0 aromatic heterocycles. The maximum Gasteiger partial charge on any atom is 0.165 e. The molecule has 2 aromatic carbocycles. The van der Waals surface area contributed by atoms with Gasteiger partial charge < -0.3 is 15.4 Å². The van der Waals surface area contributed by atoms with E-state index in [-0.39, 0.29) is 5.82 Å². The Morgan fingerprint density at radius 2 is 2.14 bits per heavy atom. The lowest BCUT2D eigenvalue weighted by Gasteiger charge is -2.27. The molecule has 0 saturated heterocycles. The van der Waals surface area contributed by atoms with E-state index in [1.807, 2.05) is 0 Å². The van der Waals surface area contributed by atoms with Crippen LogP contribution >= 0.6 is 0 Å². The van der Waals surface area contributed by atoms with Gasteiger partial charge in [0.1, 0.15) is 0 Å². The summed E-state index contributed by atoms with van der Waals surface area (Å²) in [7, 11) is 1.48. The van der Waals surface area contributed by atoms with Gasteiger partial charge in [0.25, 0.3) is 0 Å². The Bertz CT molecular complexity index is 645. The van der Waals surface area contributed by atoms with Crippen molar-refractivity contribution in [1.29, 1.82) is 0 Å². The van der Waals surface area contributed by atoms with Crippen LogP contribution in [0.1, 0.15) is 22.7 Å². The van der Waals surface area contributed by atoms with Crippen LogP contribution in [0.5, 0.6) is 5.75 Å². The van der Waals surface area contributed by atoms with Gasteiger partial charge in [0.15, 0.2) is 11.6 Å². The predicted octanol–water partition coefficient (Wildman–Crippen LogP) is 2.81. The normalized spacial score (nSPS) is 17.1. The molecular formula is C18H21FN2O. The number of hydrogen-bond donors (Lipinski definition) is 2. The summed E-state index contributed by atoms with van der Waals surface area (Å²) >= 11 is 0. The molecule has 0 fully saturated rings. The third-order valence-corrected chi connectivity index (χ3v) is 4.11. The van der Waals surface area contributed by atoms with E-state index >= 15 is 0 Å². The Hall–Kier alpha value is -1.91. The number of rotatable bonds is 5. The first-order chi connectivity index (χ1) is 10.8. The molecular weight excluding hydrogens is 279 g/mol. The van der Waals surface area contributed by atoms with Gasteiger partial charge in [-0.3, -0.25) is 0 Å². The number of halogens is 1. The summed E-state index contributed by atoms with van der Waals surface area (Å²) in [5.41, 5.74) is 3.82. The van der Waals surface area contributed by atoms with Crippen LogP contribution in [-0.4, -0.2) is 20.2 Å². The average Bonchev–Trinajstić information content (AvgIpc) is 2.56. The molecule has 2 N–H and O–H groups in total. The topological polar surface area (TPSA) is 33.3 Å². The Balaban J connectivity index is 1.60. The van der Waals surface area contributed by atoms with Crippen molar-refractivity contribution in [1.82, 2.24) is 10.6 Å². The second-order valence-corrected chi connectivity index (χ2v) is 5.56. The van der Waals surface area contributed by atoms with Crippen molar-refractivity contribution < 1.29 is 9.13 Å². The molecule has 1 atom stereocenters. The van der Waals surface area contributed by atoms with Crippen LogP contribution in [0.2, 0.25) is 0 Å². The summed E-state index contributed by atoms with van der Waals surface area (Å²) < 4.78 is 18.4. The molecule has 22 heavy (non-hydrogen) atoms. The minimum absolute atomic E-state index is 0.292. The highest BCUT2D eigenvalue weighted by atomic mass is 19.1. The van der Waals surface area contributed by atoms with Gasteiger partial charge in [0.2, 0.25) is 0 Å². The molecule has 0 radical (unpaired) electrons. The summed E-state index contributed by atoms with van der Waals surface area (Å²) in [6, 6.07) is 13.9. The van der Waals surface area contributed by atoms with Gasteiger partial charge in [-0.15, -0.1) is 0 Å². The average molecular weight is 300 g/mol. The molecule has 0 spiro atoms. The van der Waals surface area contributed by atoms with Crippen LogP contribution in [0.15, 0.2) is 42.5 Å². The maximum atomic E-state index is 13.4. The van der Waals surface area contributed by atoms with Crippen LogP contribution in [0, 0.1) is 5.82 Å². The highest BCUT2D eigenvalue weighted by Crippen LogP contribution is 2.22. The van der Waals surface area contributed by atoms with Crippen LogP contribution < -0.4 is 15.4 Å². The zero-order chi connectivity index (χ0) is 15.4. The first kappa shape index (κ1) is 15.0. The molecule has 0 saturated carbocycles. The quantitative estimate of drug-likeness (QED) is 0.891. The van der Waals surface area contributed by atoms with Crippen LogP contribution in [0.3, 0.4) is 0 Å². The van der Waals surface area contributed by atoms with Gasteiger partial charge in [0.05, 0.1) is 7.11 Å². The number of methoxy groups -OCH3 is 1. The zero-order valence-electron chi connectivity index (χ0n) is 12.7. The molecule has 3 rings (SSSR count). The van der Waals surface area contributed by atoms with E-state index in [0.29, 0.717) is 18.3 Å². The van der Waals surface area contributed by atoms with E-state index in [1.165, 1.54) is 24.3 Å². The summed E-state index contributed by atoms with van der Waals surface area (Å²) in [5, 5.41) is 6.99. The number of hydrogen-bond acceptors (Lipinski definition) is 3. The van der Waals surface area contributed by atoms with Crippen molar-refractivity contribution in [3.8, 4) is 5.75 Å². The van der Waals surface area contributed by atoms with Gasteiger partial charge in [-0.05, 0) is 41.8 Å². The standard InChI is InChI=1S/C18H21FN2O/c1-22-18-10-13(6-7-16(18)19)11-20-12-17-15-5-3-2-4-14(15)8-9-21-17/h2-7,10,17,20-21H,8-9,11-12H2,1H3/t17-/m0/s1.